The van der Waals surface area contributed by atoms with E-state index in [-0.39, 0.29) is 17.7 Å². The maximum atomic E-state index is 13.0. The molecule has 1 aromatic carbocycles. The van der Waals surface area contributed by atoms with E-state index in [1.807, 2.05) is 17.9 Å². The molecule has 0 bridgehead atoms. The highest BCUT2D eigenvalue weighted by molar-refractivity contribution is 5.84. The third-order valence-corrected chi connectivity index (χ3v) is 5.29. The number of aryl methyl sites for hydroxylation is 1. The van der Waals surface area contributed by atoms with E-state index in [9.17, 15) is 9.59 Å². The number of fused-ring (bicyclic) bond motifs is 1. The number of hydrogen-bond acceptors (Lipinski definition) is 3. The Morgan fingerprint density at radius 1 is 1.16 bits per heavy atom. The van der Waals surface area contributed by atoms with Crippen LogP contribution in [-0.4, -0.2) is 60.9 Å². The van der Waals surface area contributed by atoms with Crippen LogP contribution >= 0.6 is 0 Å². The molecule has 0 spiro atoms. The zero-order chi connectivity index (χ0) is 17.6. The second-order valence-corrected chi connectivity index (χ2v) is 7.10. The second-order valence-electron chi connectivity index (χ2n) is 7.10. The van der Waals surface area contributed by atoms with Crippen LogP contribution in [0.4, 0.5) is 0 Å². The standard InChI is InChI=1S/C20H29N3O2/c1-2-10-21-19(24)15-22-11-13-23(14-12-22)20(25)18-9-5-7-16-6-3-4-8-17(16)18/h3-4,6,8,18H,2,5,7,9-15H2,1H3,(H,21,24). The highest BCUT2D eigenvalue weighted by atomic mass is 16.2. The van der Waals surface area contributed by atoms with Gasteiger partial charge in [0, 0.05) is 32.7 Å². The number of amides is 2. The lowest BCUT2D eigenvalue weighted by Crippen LogP contribution is -2.52. The van der Waals surface area contributed by atoms with Crippen molar-refractivity contribution in [3.05, 3.63) is 35.4 Å². The lowest BCUT2D eigenvalue weighted by atomic mass is 9.82. The van der Waals surface area contributed by atoms with Gasteiger partial charge < -0.3 is 10.2 Å². The molecule has 1 atom stereocenters. The predicted octanol–water partition coefficient (Wildman–Crippen LogP) is 1.78. The van der Waals surface area contributed by atoms with Crippen molar-refractivity contribution in [2.45, 2.75) is 38.5 Å². The van der Waals surface area contributed by atoms with Crippen LogP contribution in [0.2, 0.25) is 0 Å². The third kappa shape index (κ3) is 4.40. The number of nitrogens with one attached hydrogen (secondary N) is 1. The number of hydrogen-bond donors (Lipinski definition) is 1. The van der Waals surface area contributed by atoms with Crippen molar-refractivity contribution >= 4 is 11.8 Å². The second kappa shape index (κ2) is 8.48. The summed E-state index contributed by atoms with van der Waals surface area (Å²) in [7, 11) is 0. The summed E-state index contributed by atoms with van der Waals surface area (Å²) in [4.78, 5) is 29.0. The highest BCUT2D eigenvalue weighted by Crippen LogP contribution is 2.33. The van der Waals surface area contributed by atoms with Gasteiger partial charge in [0.1, 0.15) is 0 Å². The van der Waals surface area contributed by atoms with Crippen molar-refractivity contribution in [1.29, 1.82) is 0 Å². The number of carbonyl (C=O) groups is 2. The lowest BCUT2D eigenvalue weighted by Gasteiger charge is -2.37. The van der Waals surface area contributed by atoms with E-state index in [2.05, 4.69) is 28.4 Å². The molecule has 5 nitrogen and oxygen atoms in total. The highest BCUT2D eigenvalue weighted by Gasteiger charge is 2.31. The van der Waals surface area contributed by atoms with E-state index in [0.717, 1.165) is 58.4 Å². The molecule has 3 rings (SSSR count). The Bertz CT molecular complexity index is 609. The SMILES string of the molecule is CCCNC(=O)CN1CCN(C(=O)C2CCCc3ccccc32)CC1. The number of rotatable bonds is 5. The van der Waals surface area contributed by atoms with E-state index >= 15 is 0 Å². The number of nitrogens with zero attached hydrogens (tertiary/aromatic N) is 2. The molecular weight excluding hydrogens is 314 g/mol. The Morgan fingerprint density at radius 3 is 2.68 bits per heavy atom. The van der Waals surface area contributed by atoms with Crippen LogP contribution in [0.5, 0.6) is 0 Å². The summed E-state index contributed by atoms with van der Waals surface area (Å²) in [6, 6.07) is 8.37. The van der Waals surface area contributed by atoms with Gasteiger partial charge >= 0.3 is 0 Å². The van der Waals surface area contributed by atoms with E-state index in [0.29, 0.717) is 6.54 Å². The Hall–Kier alpha value is -1.88. The van der Waals surface area contributed by atoms with Gasteiger partial charge in [-0.15, -0.1) is 0 Å². The molecule has 1 saturated heterocycles. The minimum absolute atomic E-state index is 0.0179. The summed E-state index contributed by atoms with van der Waals surface area (Å²) in [5, 5.41) is 2.92. The average Bonchev–Trinajstić information content (AvgIpc) is 2.66. The smallest absolute Gasteiger partial charge is 0.234 e. The molecule has 0 saturated carbocycles. The van der Waals surface area contributed by atoms with Gasteiger partial charge in [0.15, 0.2) is 0 Å². The summed E-state index contributed by atoms with van der Waals surface area (Å²) < 4.78 is 0. The van der Waals surface area contributed by atoms with Gasteiger partial charge in [-0.2, -0.15) is 0 Å². The largest absolute Gasteiger partial charge is 0.355 e. The van der Waals surface area contributed by atoms with E-state index < -0.39 is 0 Å². The van der Waals surface area contributed by atoms with Gasteiger partial charge in [0.2, 0.25) is 11.8 Å². The molecular formula is C20H29N3O2. The number of benzene rings is 1. The van der Waals surface area contributed by atoms with Gasteiger partial charge in [0.05, 0.1) is 12.5 Å². The topological polar surface area (TPSA) is 52.7 Å². The molecule has 0 aromatic heterocycles. The van der Waals surface area contributed by atoms with Crippen LogP contribution in [-0.2, 0) is 16.0 Å². The molecule has 1 fully saturated rings. The zero-order valence-corrected chi connectivity index (χ0v) is 15.2. The van der Waals surface area contributed by atoms with Crippen LogP contribution in [0.3, 0.4) is 0 Å². The van der Waals surface area contributed by atoms with Crippen molar-refractivity contribution in [2.24, 2.45) is 0 Å². The van der Waals surface area contributed by atoms with Crippen molar-refractivity contribution < 1.29 is 9.59 Å². The third-order valence-electron chi connectivity index (χ3n) is 5.29. The average molecular weight is 343 g/mol. The number of piperazine rings is 1. The molecule has 1 aromatic rings. The molecule has 2 amide bonds. The fourth-order valence-electron chi connectivity index (χ4n) is 3.88. The van der Waals surface area contributed by atoms with Crippen LogP contribution in [0, 0.1) is 0 Å². The van der Waals surface area contributed by atoms with E-state index in [4.69, 9.17) is 0 Å². The van der Waals surface area contributed by atoms with Crippen LogP contribution in [0.15, 0.2) is 24.3 Å². The molecule has 25 heavy (non-hydrogen) atoms. The zero-order valence-electron chi connectivity index (χ0n) is 15.2. The molecule has 5 heteroatoms. The first-order valence-corrected chi connectivity index (χ1v) is 9.54. The fourth-order valence-corrected chi connectivity index (χ4v) is 3.88. The Labute approximate surface area is 150 Å². The summed E-state index contributed by atoms with van der Waals surface area (Å²) in [6.45, 7) is 6.22. The molecule has 1 aliphatic heterocycles. The van der Waals surface area contributed by atoms with Gasteiger partial charge in [0.25, 0.3) is 0 Å². The Balaban J connectivity index is 1.53. The molecule has 1 N–H and O–H groups in total. The maximum absolute atomic E-state index is 13.0. The maximum Gasteiger partial charge on any atom is 0.234 e. The summed E-state index contributed by atoms with van der Waals surface area (Å²) in [6.07, 6.45) is 4.08. The first-order chi connectivity index (χ1) is 12.2. The van der Waals surface area contributed by atoms with Crippen molar-refractivity contribution in [2.75, 3.05) is 39.3 Å². The van der Waals surface area contributed by atoms with Gasteiger partial charge in [-0.1, -0.05) is 31.2 Å². The minimum Gasteiger partial charge on any atom is -0.355 e. The fraction of sp³-hybridized carbons (Fsp3) is 0.600. The molecule has 0 radical (unpaired) electrons. The lowest BCUT2D eigenvalue weighted by molar-refractivity contribution is -0.135. The predicted molar refractivity (Wildman–Crippen MR) is 98.4 cm³/mol. The summed E-state index contributed by atoms with van der Waals surface area (Å²) in [5.41, 5.74) is 2.55. The Morgan fingerprint density at radius 2 is 1.92 bits per heavy atom. The monoisotopic (exact) mass is 343 g/mol. The first-order valence-electron chi connectivity index (χ1n) is 9.54. The molecule has 1 aliphatic carbocycles. The normalized spacial score (nSPS) is 20.8. The van der Waals surface area contributed by atoms with Crippen LogP contribution < -0.4 is 5.32 Å². The van der Waals surface area contributed by atoms with Gasteiger partial charge in [-0.05, 0) is 36.8 Å². The Kier molecular flexibility index (Phi) is 6.08. The van der Waals surface area contributed by atoms with Crippen molar-refractivity contribution in [3.8, 4) is 0 Å². The van der Waals surface area contributed by atoms with E-state index in [1.54, 1.807) is 0 Å². The quantitative estimate of drug-likeness (QED) is 0.887. The van der Waals surface area contributed by atoms with Gasteiger partial charge in [-0.25, -0.2) is 0 Å². The molecule has 136 valence electrons. The van der Waals surface area contributed by atoms with Crippen molar-refractivity contribution in [3.63, 3.8) is 0 Å². The van der Waals surface area contributed by atoms with Crippen LogP contribution in [0.25, 0.3) is 0 Å². The summed E-state index contributed by atoms with van der Waals surface area (Å²) >= 11 is 0. The minimum atomic E-state index is 0.0179. The van der Waals surface area contributed by atoms with Gasteiger partial charge in [-0.3, -0.25) is 14.5 Å². The number of carbonyl (C=O) groups excluding carboxylic acids is 2. The van der Waals surface area contributed by atoms with Crippen molar-refractivity contribution in [1.82, 2.24) is 15.1 Å². The summed E-state index contributed by atoms with van der Waals surface area (Å²) in [5.74, 6) is 0.370. The molecule has 1 heterocycles. The molecule has 2 aliphatic rings. The van der Waals surface area contributed by atoms with Crippen LogP contribution in [0.1, 0.15) is 43.2 Å². The first kappa shape index (κ1) is 17.9. The molecule has 1 unspecified atom stereocenters. The van der Waals surface area contributed by atoms with E-state index in [1.165, 1.54) is 11.1 Å².